The van der Waals surface area contributed by atoms with Gasteiger partial charge in [-0.3, -0.25) is 4.79 Å². The fraction of sp³-hybridized carbons (Fsp3) is 0.545. The Balaban J connectivity index is 2.42. The Bertz CT molecular complexity index is 513. The molecule has 1 aromatic heterocycles. The quantitative estimate of drug-likeness (QED) is 0.738. The number of carboxylic acids is 1. The van der Waals surface area contributed by atoms with Gasteiger partial charge in [0.25, 0.3) is 5.56 Å². The zero-order valence-corrected chi connectivity index (χ0v) is 9.98. The molecular formula is C11H15N3O4. The van der Waals surface area contributed by atoms with E-state index in [-0.39, 0.29) is 24.3 Å². The number of carboxylic acid groups (broad SMARTS) is 1. The summed E-state index contributed by atoms with van der Waals surface area (Å²) in [7, 11) is 0. The van der Waals surface area contributed by atoms with Crippen molar-refractivity contribution in [2.45, 2.75) is 32.0 Å². The summed E-state index contributed by atoms with van der Waals surface area (Å²) in [5, 5.41) is 18.6. The molecular weight excluding hydrogens is 238 g/mol. The molecule has 0 amide bonds. The first kappa shape index (κ1) is 12.6. The van der Waals surface area contributed by atoms with Crippen LogP contribution in [0.4, 0.5) is 5.82 Å². The fourth-order valence-corrected chi connectivity index (χ4v) is 2.16. The van der Waals surface area contributed by atoms with Gasteiger partial charge in [-0.1, -0.05) is 0 Å². The topological polar surface area (TPSA) is 95.7 Å². The Labute approximate surface area is 103 Å². The summed E-state index contributed by atoms with van der Waals surface area (Å²) in [6.45, 7) is 2.42. The highest BCUT2D eigenvalue weighted by atomic mass is 16.4. The number of β-amino-alcohol motifs (C(OH)–C–C–N with tert-alkyl or cyclic N) is 1. The van der Waals surface area contributed by atoms with Gasteiger partial charge >= 0.3 is 5.97 Å². The number of hydrogen-bond acceptors (Lipinski definition) is 5. The molecule has 0 radical (unpaired) electrons. The van der Waals surface area contributed by atoms with Crippen LogP contribution in [0.3, 0.4) is 0 Å². The van der Waals surface area contributed by atoms with Crippen molar-refractivity contribution in [1.29, 1.82) is 0 Å². The predicted molar refractivity (Wildman–Crippen MR) is 63.6 cm³/mol. The molecule has 7 nitrogen and oxygen atoms in total. The van der Waals surface area contributed by atoms with Crippen molar-refractivity contribution < 1.29 is 15.0 Å². The Kier molecular flexibility index (Phi) is 3.33. The lowest BCUT2D eigenvalue weighted by atomic mass is 10.2. The van der Waals surface area contributed by atoms with Crippen molar-refractivity contribution in [3.05, 3.63) is 22.7 Å². The molecule has 7 heteroatoms. The number of aliphatic hydroxyl groups is 1. The van der Waals surface area contributed by atoms with Gasteiger partial charge < -0.3 is 19.7 Å². The molecule has 2 unspecified atom stereocenters. The van der Waals surface area contributed by atoms with Crippen molar-refractivity contribution in [3.8, 4) is 0 Å². The van der Waals surface area contributed by atoms with Crippen LogP contribution in [-0.2, 0) is 11.3 Å². The molecule has 1 fully saturated rings. The number of aromatic nitrogens is 2. The minimum atomic E-state index is -1.06. The molecule has 0 bridgehead atoms. The summed E-state index contributed by atoms with van der Waals surface area (Å²) in [4.78, 5) is 28.5. The zero-order chi connectivity index (χ0) is 13.3. The third kappa shape index (κ3) is 2.08. The van der Waals surface area contributed by atoms with Gasteiger partial charge in [0.1, 0.15) is 6.04 Å². The predicted octanol–water partition coefficient (Wildman–Crippen LogP) is -0.713. The summed E-state index contributed by atoms with van der Waals surface area (Å²) in [6.07, 6.45) is 2.37. The Morgan fingerprint density at radius 3 is 2.94 bits per heavy atom. The largest absolute Gasteiger partial charge is 0.480 e. The van der Waals surface area contributed by atoms with E-state index in [1.165, 1.54) is 15.7 Å². The number of aryl methyl sites for hydroxylation is 1. The summed E-state index contributed by atoms with van der Waals surface area (Å²) < 4.78 is 1.45. The standard InChI is InChI=1S/C11H15N3O4/c1-2-13-4-3-12-9(10(13)16)14-6-7(15)5-8(14)11(17)18/h3-4,7-8,15H,2,5-6H2,1H3,(H,17,18). The number of anilines is 1. The minimum absolute atomic E-state index is 0.0864. The first-order chi connectivity index (χ1) is 8.54. The fourth-order valence-electron chi connectivity index (χ4n) is 2.16. The summed E-state index contributed by atoms with van der Waals surface area (Å²) >= 11 is 0. The van der Waals surface area contributed by atoms with Crippen LogP contribution in [0.15, 0.2) is 17.2 Å². The van der Waals surface area contributed by atoms with E-state index in [1.807, 2.05) is 6.92 Å². The van der Waals surface area contributed by atoms with Crippen LogP contribution in [0.25, 0.3) is 0 Å². The minimum Gasteiger partial charge on any atom is -0.480 e. The van der Waals surface area contributed by atoms with Gasteiger partial charge in [-0.2, -0.15) is 0 Å². The SMILES string of the molecule is CCn1ccnc(N2CC(O)CC2C(=O)O)c1=O. The van der Waals surface area contributed by atoms with Crippen molar-refractivity contribution in [3.63, 3.8) is 0 Å². The summed E-state index contributed by atoms with van der Waals surface area (Å²) in [6, 6.07) is -0.895. The van der Waals surface area contributed by atoms with E-state index in [0.717, 1.165) is 0 Å². The van der Waals surface area contributed by atoms with E-state index >= 15 is 0 Å². The van der Waals surface area contributed by atoms with Gasteiger partial charge in [0.2, 0.25) is 0 Å². The van der Waals surface area contributed by atoms with Crippen molar-refractivity contribution in [2.24, 2.45) is 0 Å². The number of nitrogens with zero attached hydrogens (tertiary/aromatic N) is 3. The lowest BCUT2D eigenvalue weighted by Crippen LogP contribution is -2.41. The molecule has 2 N–H and O–H groups in total. The van der Waals surface area contributed by atoms with Crippen LogP contribution in [0.5, 0.6) is 0 Å². The van der Waals surface area contributed by atoms with Crippen molar-refractivity contribution in [2.75, 3.05) is 11.4 Å². The maximum Gasteiger partial charge on any atom is 0.326 e. The maximum atomic E-state index is 12.0. The van der Waals surface area contributed by atoms with Crippen LogP contribution < -0.4 is 10.5 Å². The van der Waals surface area contributed by atoms with Gasteiger partial charge in [-0.05, 0) is 6.92 Å². The van der Waals surface area contributed by atoms with Crippen LogP contribution >= 0.6 is 0 Å². The van der Waals surface area contributed by atoms with Crippen LogP contribution in [-0.4, -0.2) is 44.4 Å². The molecule has 2 atom stereocenters. The molecule has 1 aliphatic heterocycles. The molecule has 0 aromatic carbocycles. The molecule has 1 aromatic rings. The van der Waals surface area contributed by atoms with E-state index in [0.29, 0.717) is 6.54 Å². The number of rotatable bonds is 3. The second kappa shape index (κ2) is 4.77. The van der Waals surface area contributed by atoms with E-state index in [2.05, 4.69) is 4.98 Å². The van der Waals surface area contributed by atoms with Gasteiger partial charge in [0.15, 0.2) is 5.82 Å². The normalized spacial score (nSPS) is 23.3. The summed E-state index contributed by atoms with van der Waals surface area (Å²) in [5.74, 6) is -0.969. The van der Waals surface area contributed by atoms with Gasteiger partial charge in [0.05, 0.1) is 6.10 Å². The van der Waals surface area contributed by atoms with E-state index in [1.54, 1.807) is 6.20 Å². The van der Waals surface area contributed by atoms with E-state index in [4.69, 9.17) is 5.11 Å². The Morgan fingerprint density at radius 1 is 1.61 bits per heavy atom. The molecule has 2 rings (SSSR count). The first-order valence-corrected chi connectivity index (χ1v) is 5.77. The molecule has 0 aliphatic carbocycles. The van der Waals surface area contributed by atoms with Crippen molar-refractivity contribution in [1.82, 2.24) is 9.55 Å². The second-order valence-electron chi connectivity index (χ2n) is 4.24. The molecule has 0 saturated carbocycles. The van der Waals surface area contributed by atoms with E-state index < -0.39 is 18.1 Å². The smallest absolute Gasteiger partial charge is 0.326 e. The van der Waals surface area contributed by atoms with E-state index in [9.17, 15) is 14.7 Å². The summed E-state index contributed by atoms with van der Waals surface area (Å²) in [5.41, 5.74) is -0.333. The lowest BCUT2D eigenvalue weighted by molar-refractivity contribution is -0.138. The third-order valence-corrected chi connectivity index (χ3v) is 3.07. The number of aliphatic hydroxyl groups excluding tert-OH is 1. The molecule has 1 saturated heterocycles. The Hall–Kier alpha value is -1.89. The van der Waals surface area contributed by atoms with Crippen LogP contribution in [0.1, 0.15) is 13.3 Å². The average Bonchev–Trinajstić information content (AvgIpc) is 2.71. The highest BCUT2D eigenvalue weighted by Gasteiger charge is 2.38. The highest BCUT2D eigenvalue weighted by Crippen LogP contribution is 2.21. The molecule has 1 aliphatic rings. The van der Waals surface area contributed by atoms with Gasteiger partial charge in [-0.15, -0.1) is 0 Å². The number of carbonyl (C=O) groups is 1. The highest BCUT2D eigenvalue weighted by molar-refractivity contribution is 5.78. The third-order valence-electron chi connectivity index (χ3n) is 3.07. The number of aliphatic carboxylic acids is 1. The monoisotopic (exact) mass is 253 g/mol. The molecule has 98 valence electrons. The van der Waals surface area contributed by atoms with Gasteiger partial charge in [-0.25, -0.2) is 9.78 Å². The first-order valence-electron chi connectivity index (χ1n) is 5.77. The zero-order valence-electron chi connectivity index (χ0n) is 9.98. The molecule has 0 spiro atoms. The van der Waals surface area contributed by atoms with Gasteiger partial charge in [0, 0.05) is 31.9 Å². The van der Waals surface area contributed by atoms with Crippen LogP contribution in [0, 0.1) is 0 Å². The molecule has 2 heterocycles. The Morgan fingerprint density at radius 2 is 2.33 bits per heavy atom. The number of hydrogen-bond donors (Lipinski definition) is 2. The lowest BCUT2D eigenvalue weighted by Gasteiger charge is -2.21. The maximum absolute atomic E-state index is 12.0. The molecule has 18 heavy (non-hydrogen) atoms. The average molecular weight is 253 g/mol. The van der Waals surface area contributed by atoms with Crippen molar-refractivity contribution >= 4 is 11.8 Å². The van der Waals surface area contributed by atoms with Crippen LogP contribution in [0.2, 0.25) is 0 Å². The second-order valence-corrected chi connectivity index (χ2v) is 4.24.